The molecule has 0 radical (unpaired) electrons. The maximum Gasteiger partial charge on any atom is 0.225 e. The molecular weight excluding hydrogens is 178 g/mol. The van der Waals surface area contributed by atoms with Crippen LogP contribution in [0.1, 0.15) is 18.2 Å². The number of nitrogen functional groups attached to an aromatic ring is 1. The van der Waals surface area contributed by atoms with Crippen LogP contribution < -0.4 is 10.6 Å². The molecule has 1 aromatic rings. The molecule has 1 heterocycles. The molecule has 3 N–H and O–H groups in total. The van der Waals surface area contributed by atoms with Gasteiger partial charge < -0.3 is 10.6 Å². The topological polar surface area (TPSA) is 78.9 Å². The Morgan fingerprint density at radius 2 is 2.21 bits per heavy atom. The minimum Gasteiger partial charge on any atom is -0.384 e. The standard InChI is InChI=1S/C9H15N5/c1-4-7-6(8(10)11)5-12-9(13-7)14(2)3/h5H,4H2,1-3H3,(H3,10,11). The van der Waals surface area contributed by atoms with Crippen molar-refractivity contribution in [2.24, 2.45) is 5.73 Å². The summed E-state index contributed by atoms with van der Waals surface area (Å²) in [6.07, 6.45) is 2.35. The fourth-order valence-corrected chi connectivity index (χ4v) is 1.12. The zero-order valence-electron chi connectivity index (χ0n) is 8.70. The lowest BCUT2D eigenvalue weighted by Crippen LogP contribution is -2.19. The first kappa shape index (κ1) is 10.4. The molecule has 0 aliphatic heterocycles. The van der Waals surface area contributed by atoms with Crippen LogP contribution in [0.2, 0.25) is 0 Å². The van der Waals surface area contributed by atoms with Crippen molar-refractivity contribution < 1.29 is 0 Å². The van der Waals surface area contributed by atoms with Gasteiger partial charge in [-0.25, -0.2) is 9.97 Å². The quantitative estimate of drug-likeness (QED) is 0.537. The lowest BCUT2D eigenvalue weighted by molar-refractivity contribution is 0.933. The van der Waals surface area contributed by atoms with Crippen molar-refractivity contribution in [3.8, 4) is 0 Å². The predicted molar refractivity (Wildman–Crippen MR) is 56.8 cm³/mol. The third-order valence-electron chi connectivity index (χ3n) is 1.88. The largest absolute Gasteiger partial charge is 0.384 e. The van der Waals surface area contributed by atoms with Gasteiger partial charge in [0, 0.05) is 20.3 Å². The number of amidine groups is 1. The van der Waals surface area contributed by atoms with E-state index in [9.17, 15) is 0 Å². The van der Waals surface area contributed by atoms with Crippen molar-refractivity contribution in [3.63, 3.8) is 0 Å². The van der Waals surface area contributed by atoms with E-state index in [1.165, 1.54) is 0 Å². The monoisotopic (exact) mass is 193 g/mol. The molecule has 0 saturated heterocycles. The van der Waals surface area contributed by atoms with Crippen LogP contribution in [0.25, 0.3) is 0 Å². The predicted octanol–water partition coefficient (Wildman–Crippen LogP) is 0.389. The normalized spacial score (nSPS) is 9.93. The zero-order valence-corrected chi connectivity index (χ0v) is 8.70. The Hall–Kier alpha value is -1.65. The first-order valence-corrected chi connectivity index (χ1v) is 4.44. The zero-order chi connectivity index (χ0) is 10.7. The Balaban J connectivity index is 3.18. The van der Waals surface area contributed by atoms with Gasteiger partial charge in [0.05, 0.1) is 11.3 Å². The Morgan fingerprint density at radius 3 is 2.64 bits per heavy atom. The second-order valence-corrected chi connectivity index (χ2v) is 3.19. The number of anilines is 1. The van der Waals surface area contributed by atoms with Crippen molar-refractivity contribution in [1.82, 2.24) is 9.97 Å². The summed E-state index contributed by atoms with van der Waals surface area (Å²) in [5.41, 5.74) is 6.85. The number of hydrogen-bond acceptors (Lipinski definition) is 4. The lowest BCUT2D eigenvalue weighted by atomic mass is 10.2. The fourth-order valence-electron chi connectivity index (χ4n) is 1.12. The Bertz CT molecular complexity index is 345. The molecule has 0 aliphatic carbocycles. The van der Waals surface area contributed by atoms with Crippen molar-refractivity contribution in [1.29, 1.82) is 5.41 Å². The molecule has 5 heteroatoms. The molecule has 0 bridgehead atoms. The molecule has 1 aromatic heterocycles. The fraction of sp³-hybridized carbons (Fsp3) is 0.444. The summed E-state index contributed by atoms with van der Waals surface area (Å²) in [5, 5.41) is 7.34. The molecular formula is C9H15N5. The second-order valence-electron chi connectivity index (χ2n) is 3.19. The molecule has 0 atom stereocenters. The number of rotatable bonds is 3. The van der Waals surface area contributed by atoms with Crippen molar-refractivity contribution in [2.75, 3.05) is 19.0 Å². The van der Waals surface area contributed by atoms with Gasteiger partial charge in [-0.1, -0.05) is 6.92 Å². The molecule has 1 rings (SSSR count). The summed E-state index contributed by atoms with van der Waals surface area (Å²) >= 11 is 0. The summed E-state index contributed by atoms with van der Waals surface area (Å²) in [5.74, 6) is 0.666. The molecule has 5 nitrogen and oxygen atoms in total. The number of nitrogens with zero attached hydrogens (tertiary/aromatic N) is 3. The number of nitrogens with one attached hydrogen (secondary N) is 1. The van der Waals surface area contributed by atoms with Crippen LogP contribution in [0, 0.1) is 5.41 Å². The lowest BCUT2D eigenvalue weighted by Gasteiger charge is -2.12. The van der Waals surface area contributed by atoms with Crippen molar-refractivity contribution in [3.05, 3.63) is 17.5 Å². The summed E-state index contributed by atoms with van der Waals surface area (Å²) in [7, 11) is 3.75. The molecule has 0 saturated carbocycles. The van der Waals surface area contributed by atoms with Crippen molar-refractivity contribution in [2.45, 2.75) is 13.3 Å². The van der Waals surface area contributed by atoms with Crippen LogP contribution in [0.15, 0.2) is 6.20 Å². The van der Waals surface area contributed by atoms with E-state index >= 15 is 0 Å². The van der Waals surface area contributed by atoms with Gasteiger partial charge in [-0.15, -0.1) is 0 Å². The van der Waals surface area contributed by atoms with Gasteiger partial charge in [0.1, 0.15) is 5.84 Å². The van der Waals surface area contributed by atoms with Crippen LogP contribution in [0.4, 0.5) is 5.95 Å². The van der Waals surface area contributed by atoms with E-state index < -0.39 is 0 Å². The molecule has 14 heavy (non-hydrogen) atoms. The average Bonchev–Trinajstić information content (AvgIpc) is 2.16. The van der Waals surface area contributed by atoms with E-state index in [0.717, 1.165) is 12.1 Å². The van der Waals surface area contributed by atoms with Gasteiger partial charge in [-0.3, -0.25) is 5.41 Å². The first-order chi connectivity index (χ1) is 6.56. The van der Waals surface area contributed by atoms with E-state index in [-0.39, 0.29) is 5.84 Å². The molecule has 0 spiro atoms. The Kier molecular flexibility index (Phi) is 3.01. The van der Waals surface area contributed by atoms with Crippen LogP contribution in [-0.2, 0) is 6.42 Å². The Labute approximate surface area is 83.5 Å². The van der Waals surface area contributed by atoms with Crippen molar-refractivity contribution >= 4 is 11.8 Å². The van der Waals surface area contributed by atoms with E-state index in [2.05, 4.69) is 9.97 Å². The van der Waals surface area contributed by atoms with Crippen LogP contribution >= 0.6 is 0 Å². The second kappa shape index (κ2) is 4.04. The number of aryl methyl sites for hydroxylation is 1. The van der Waals surface area contributed by atoms with Crippen LogP contribution in [0.3, 0.4) is 0 Å². The summed E-state index contributed by atoms with van der Waals surface area (Å²) < 4.78 is 0. The summed E-state index contributed by atoms with van der Waals surface area (Å²) in [4.78, 5) is 10.2. The molecule has 0 fully saturated rings. The summed E-state index contributed by atoms with van der Waals surface area (Å²) in [6, 6.07) is 0. The third kappa shape index (κ3) is 1.99. The highest BCUT2D eigenvalue weighted by Gasteiger charge is 2.08. The Morgan fingerprint density at radius 1 is 1.57 bits per heavy atom. The average molecular weight is 193 g/mol. The highest BCUT2D eigenvalue weighted by Crippen LogP contribution is 2.09. The number of aromatic nitrogens is 2. The SMILES string of the molecule is CCc1nc(N(C)C)ncc1C(=N)N. The van der Waals surface area contributed by atoms with E-state index in [0.29, 0.717) is 11.5 Å². The molecule has 76 valence electrons. The smallest absolute Gasteiger partial charge is 0.225 e. The van der Waals surface area contributed by atoms with Crippen LogP contribution in [0.5, 0.6) is 0 Å². The summed E-state index contributed by atoms with van der Waals surface area (Å²) in [6.45, 7) is 1.98. The third-order valence-corrected chi connectivity index (χ3v) is 1.88. The van der Waals surface area contributed by atoms with Gasteiger partial charge in [0.2, 0.25) is 5.95 Å². The number of hydrogen-bond donors (Lipinski definition) is 2. The van der Waals surface area contributed by atoms with Crippen LogP contribution in [-0.4, -0.2) is 29.9 Å². The molecule has 0 unspecified atom stereocenters. The maximum atomic E-state index is 7.34. The van der Waals surface area contributed by atoms with E-state index in [1.807, 2.05) is 25.9 Å². The van der Waals surface area contributed by atoms with Gasteiger partial charge in [-0.05, 0) is 6.42 Å². The molecule has 0 amide bonds. The maximum absolute atomic E-state index is 7.34. The van der Waals surface area contributed by atoms with Gasteiger partial charge in [0.25, 0.3) is 0 Å². The number of nitrogens with two attached hydrogens (primary N) is 1. The highest BCUT2D eigenvalue weighted by atomic mass is 15.2. The van der Waals surface area contributed by atoms with Gasteiger partial charge in [0.15, 0.2) is 0 Å². The highest BCUT2D eigenvalue weighted by molar-refractivity contribution is 5.95. The molecule has 0 aliphatic rings. The molecule has 0 aromatic carbocycles. The van der Waals surface area contributed by atoms with Gasteiger partial charge in [-0.2, -0.15) is 0 Å². The first-order valence-electron chi connectivity index (χ1n) is 4.44. The van der Waals surface area contributed by atoms with E-state index in [1.54, 1.807) is 6.20 Å². The van der Waals surface area contributed by atoms with Gasteiger partial charge >= 0.3 is 0 Å². The minimum atomic E-state index is 0.0205. The minimum absolute atomic E-state index is 0.0205. The van der Waals surface area contributed by atoms with E-state index in [4.69, 9.17) is 11.1 Å².